The number of nitrogens with zero attached hydrogens (tertiary/aromatic N) is 1. The fraction of sp³-hybridized carbons (Fsp3) is 0.600. The average Bonchev–Trinajstić information content (AvgIpc) is 2.64. The molecule has 20 heavy (non-hydrogen) atoms. The standard InChI is InChI=1S/C10H11F6N3O/c11-9(12,13)3-1-5-6(2-4-10(14,15)16)18-19-7(5)8(17)20/h1-4H2,(H2,17,20)(H,18,19). The van der Waals surface area contributed by atoms with E-state index >= 15 is 0 Å². The van der Waals surface area contributed by atoms with Crippen LogP contribution in [0.1, 0.15) is 34.6 Å². The Morgan fingerprint density at radius 2 is 1.55 bits per heavy atom. The molecule has 1 amide bonds. The van der Waals surface area contributed by atoms with Crippen LogP contribution in [0, 0.1) is 0 Å². The lowest BCUT2D eigenvalue weighted by atomic mass is 10.0. The summed E-state index contributed by atoms with van der Waals surface area (Å²) in [7, 11) is 0. The van der Waals surface area contributed by atoms with Gasteiger partial charge in [0, 0.05) is 24.1 Å². The number of nitrogens with one attached hydrogen (secondary N) is 1. The minimum absolute atomic E-state index is 0.152. The third-order valence-electron chi connectivity index (χ3n) is 2.50. The van der Waals surface area contributed by atoms with E-state index in [1.807, 2.05) is 0 Å². The van der Waals surface area contributed by atoms with Gasteiger partial charge in [0.25, 0.3) is 5.91 Å². The van der Waals surface area contributed by atoms with Crippen LogP contribution in [0.5, 0.6) is 0 Å². The summed E-state index contributed by atoms with van der Waals surface area (Å²) >= 11 is 0. The molecule has 0 spiro atoms. The van der Waals surface area contributed by atoms with E-state index in [9.17, 15) is 31.1 Å². The van der Waals surface area contributed by atoms with Crippen molar-refractivity contribution >= 4 is 5.91 Å². The van der Waals surface area contributed by atoms with Crippen LogP contribution >= 0.6 is 0 Å². The molecule has 0 saturated heterocycles. The van der Waals surface area contributed by atoms with Crippen LogP contribution < -0.4 is 5.73 Å². The Kier molecular flexibility index (Phi) is 4.66. The van der Waals surface area contributed by atoms with Crippen LogP contribution in [0.25, 0.3) is 0 Å². The maximum absolute atomic E-state index is 12.2. The highest BCUT2D eigenvalue weighted by Gasteiger charge is 2.31. The number of halogens is 6. The molecule has 1 heterocycles. The van der Waals surface area contributed by atoms with E-state index in [-0.39, 0.29) is 11.3 Å². The normalized spacial score (nSPS) is 12.7. The van der Waals surface area contributed by atoms with Gasteiger partial charge in [0.05, 0.1) is 0 Å². The van der Waals surface area contributed by atoms with Crippen LogP contribution in [0.2, 0.25) is 0 Å². The fourth-order valence-corrected chi connectivity index (χ4v) is 1.61. The first kappa shape index (κ1) is 16.3. The fourth-order valence-electron chi connectivity index (χ4n) is 1.61. The number of carbonyl (C=O) groups excluding carboxylic acids is 1. The minimum atomic E-state index is -4.49. The van der Waals surface area contributed by atoms with Gasteiger partial charge in [0.1, 0.15) is 0 Å². The molecule has 10 heteroatoms. The molecular weight excluding hydrogens is 292 g/mol. The minimum Gasteiger partial charge on any atom is -0.364 e. The summed E-state index contributed by atoms with van der Waals surface area (Å²) in [5.41, 5.74) is 4.11. The molecular formula is C10H11F6N3O. The van der Waals surface area contributed by atoms with Crippen molar-refractivity contribution in [1.29, 1.82) is 0 Å². The van der Waals surface area contributed by atoms with E-state index in [0.717, 1.165) is 0 Å². The molecule has 1 aromatic rings. The molecule has 0 unspecified atom stereocenters. The monoisotopic (exact) mass is 303 g/mol. The zero-order valence-corrected chi connectivity index (χ0v) is 10.0. The van der Waals surface area contributed by atoms with Crippen LogP contribution in [-0.4, -0.2) is 28.5 Å². The second-order valence-corrected chi connectivity index (χ2v) is 4.12. The molecule has 1 rings (SSSR count). The molecule has 0 aliphatic heterocycles. The highest BCUT2D eigenvalue weighted by atomic mass is 19.4. The van der Waals surface area contributed by atoms with Gasteiger partial charge >= 0.3 is 12.4 Å². The predicted molar refractivity (Wildman–Crippen MR) is 55.9 cm³/mol. The maximum Gasteiger partial charge on any atom is 0.389 e. The maximum atomic E-state index is 12.2. The number of H-pyrrole nitrogens is 1. The van der Waals surface area contributed by atoms with E-state index in [2.05, 4.69) is 10.2 Å². The number of aromatic nitrogens is 2. The van der Waals surface area contributed by atoms with Crippen LogP contribution in [0.15, 0.2) is 0 Å². The number of alkyl halides is 6. The van der Waals surface area contributed by atoms with E-state index in [1.165, 1.54) is 0 Å². The summed E-state index contributed by atoms with van der Waals surface area (Å²) in [6, 6.07) is 0. The van der Waals surface area contributed by atoms with Gasteiger partial charge in [-0.1, -0.05) is 0 Å². The second-order valence-electron chi connectivity index (χ2n) is 4.12. The predicted octanol–water partition coefficient (Wildman–Crippen LogP) is 2.50. The smallest absolute Gasteiger partial charge is 0.364 e. The number of aryl methyl sites for hydroxylation is 1. The topological polar surface area (TPSA) is 71.8 Å². The van der Waals surface area contributed by atoms with Crippen molar-refractivity contribution in [2.24, 2.45) is 5.73 Å². The summed E-state index contributed by atoms with van der Waals surface area (Å²) in [5, 5.41) is 5.53. The van der Waals surface area contributed by atoms with Crippen LogP contribution in [0.3, 0.4) is 0 Å². The largest absolute Gasteiger partial charge is 0.389 e. The molecule has 0 aromatic carbocycles. The van der Waals surface area contributed by atoms with Gasteiger partial charge in [-0.3, -0.25) is 9.89 Å². The van der Waals surface area contributed by atoms with Gasteiger partial charge in [-0.2, -0.15) is 31.4 Å². The zero-order valence-electron chi connectivity index (χ0n) is 10.0. The van der Waals surface area contributed by atoms with Gasteiger partial charge in [-0.05, 0) is 12.8 Å². The van der Waals surface area contributed by atoms with Gasteiger partial charge in [0.15, 0.2) is 5.69 Å². The number of amides is 1. The lowest BCUT2D eigenvalue weighted by molar-refractivity contribution is -0.135. The molecule has 114 valence electrons. The van der Waals surface area contributed by atoms with Crippen molar-refractivity contribution < 1.29 is 31.1 Å². The Morgan fingerprint density at radius 1 is 1.05 bits per heavy atom. The van der Waals surface area contributed by atoms with Crippen molar-refractivity contribution in [3.63, 3.8) is 0 Å². The Bertz CT molecular complexity index is 476. The van der Waals surface area contributed by atoms with E-state index in [1.54, 1.807) is 0 Å². The number of nitrogens with two attached hydrogens (primary N) is 1. The van der Waals surface area contributed by atoms with Crippen molar-refractivity contribution in [2.75, 3.05) is 0 Å². The lowest BCUT2D eigenvalue weighted by Gasteiger charge is -2.09. The molecule has 4 nitrogen and oxygen atoms in total. The molecule has 0 fully saturated rings. The Morgan fingerprint density at radius 3 is 2.00 bits per heavy atom. The van der Waals surface area contributed by atoms with E-state index < -0.39 is 49.6 Å². The summed E-state index contributed by atoms with van der Waals surface area (Å²) in [6.45, 7) is 0. The third kappa shape index (κ3) is 5.10. The molecule has 3 N–H and O–H groups in total. The number of aromatic amines is 1. The number of hydrogen-bond acceptors (Lipinski definition) is 2. The Labute approximate surface area is 109 Å². The molecule has 0 aliphatic carbocycles. The first-order chi connectivity index (χ1) is 8.99. The highest BCUT2D eigenvalue weighted by molar-refractivity contribution is 5.92. The lowest BCUT2D eigenvalue weighted by Crippen LogP contribution is -2.16. The van der Waals surface area contributed by atoms with E-state index in [0.29, 0.717) is 0 Å². The summed E-state index contributed by atoms with van der Waals surface area (Å²) in [4.78, 5) is 11.0. The zero-order chi connectivity index (χ0) is 15.6. The van der Waals surface area contributed by atoms with E-state index in [4.69, 9.17) is 5.73 Å². The number of hydrogen-bond donors (Lipinski definition) is 2. The first-order valence-corrected chi connectivity index (χ1v) is 5.49. The number of primary amides is 1. The Hall–Kier alpha value is -1.74. The SMILES string of the molecule is NC(=O)c1n[nH]c(CCC(F)(F)F)c1CCC(F)(F)F. The molecule has 0 bridgehead atoms. The summed E-state index contributed by atoms with van der Waals surface area (Å²) < 4.78 is 72.8. The molecule has 0 atom stereocenters. The molecule has 1 aromatic heterocycles. The third-order valence-corrected chi connectivity index (χ3v) is 2.50. The van der Waals surface area contributed by atoms with Gasteiger partial charge in [0.2, 0.25) is 0 Å². The summed E-state index contributed by atoms with van der Waals surface area (Å²) in [6.07, 6.45) is -12.7. The van der Waals surface area contributed by atoms with Gasteiger partial charge < -0.3 is 5.73 Å². The second kappa shape index (κ2) is 5.71. The van der Waals surface area contributed by atoms with Crippen LogP contribution in [-0.2, 0) is 12.8 Å². The van der Waals surface area contributed by atoms with Crippen molar-refractivity contribution in [3.05, 3.63) is 17.0 Å². The molecule has 0 saturated carbocycles. The Balaban J connectivity index is 2.91. The van der Waals surface area contributed by atoms with Crippen molar-refractivity contribution in [2.45, 2.75) is 38.0 Å². The average molecular weight is 303 g/mol. The quantitative estimate of drug-likeness (QED) is 0.820. The highest BCUT2D eigenvalue weighted by Crippen LogP contribution is 2.27. The van der Waals surface area contributed by atoms with Gasteiger partial charge in [-0.15, -0.1) is 0 Å². The van der Waals surface area contributed by atoms with Crippen molar-refractivity contribution in [3.8, 4) is 0 Å². The first-order valence-electron chi connectivity index (χ1n) is 5.49. The summed E-state index contributed by atoms with van der Waals surface area (Å²) in [5.74, 6) is -1.09. The van der Waals surface area contributed by atoms with Gasteiger partial charge in [-0.25, -0.2) is 0 Å². The molecule has 0 radical (unpaired) electrons. The van der Waals surface area contributed by atoms with Crippen molar-refractivity contribution in [1.82, 2.24) is 10.2 Å². The molecule has 0 aliphatic rings. The number of rotatable bonds is 5. The number of carbonyl (C=O) groups is 1. The van der Waals surface area contributed by atoms with Crippen LogP contribution in [0.4, 0.5) is 26.3 Å².